The molecule has 38 heavy (non-hydrogen) atoms. The van der Waals surface area contributed by atoms with Gasteiger partial charge in [0.25, 0.3) is 0 Å². The maximum Gasteiger partial charge on any atom is 0.0547 e. The van der Waals surface area contributed by atoms with Crippen LogP contribution in [0.3, 0.4) is 0 Å². The molecule has 0 fully saturated rings. The lowest BCUT2D eigenvalue weighted by molar-refractivity contribution is 1.10. The number of nitrogens with zero attached hydrogens (tertiary/aromatic N) is 1. The van der Waals surface area contributed by atoms with Gasteiger partial charge in [-0.25, -0.2) is 0 Å². The lowest BCUT2D eigenvalue weighted by Gasteiger charge is -2.13. The maximum atomic E-state index is 4.15. The van der Waals surface area contributed by atoms with Gasteiger partial charge in [0.1, 0.15) is 0 Å². The average molecular weight is 486 g/mol. The summed E-state index contributed by atoms with van der Waals surface area (Å²) in [6.07, 6.45) is 6.25. The topological polar surface area (TPSA) is 4.93 Å². The molecule has 7 rings (SSSR count). The van der Waals surface area contributed by atoms with Gasteiger partial charge in [0.2, 0.25) is 0 Å². The summed E-state index contributed by atoms with van der Waals surface area (Å²) in [5, 5.41) is 8.98. The highest BCUT2D eigenvalue weighted by atomic mass is 15.0. The molecule has 1 heterocycles. The van der Waals surface area contributed by atoms with Crippen LogP contribution in [0.15, 0.2) is 128 Å². The van der Waals surface area contributed by atoms with Crippen molar-refractivity contribution in [2.45, 2.75) is 6.92 Å². The summed E-state index contributed by atoms with van der Waals surface area (Å²) in [6.45, 7) is 6.22. The highest BCUT2D eigenvalue weighted by Crippen LogP contribution is 2.39. The van der Waals surface area contributed by atoms with Crippen molar-refractivity contribution in [2.75, 3.05) is 0 Å². The zero-order valence-corrected chi connectivity index (χ0v) is 21.4. The third-order valence-electron chi connectivity index (χ3n) is 7.67. The van der Waals surface area contributed by atoms with E-state index >= 15 is 0 Å². The van der Waals surface area contributed by atoms with E-state index in [4.69, 9.17) is 0 Å². The van der Waals surface area contributed by atoms with Gasteiger partial charge in [-0.1, -0.05) is 110 Å². The summed E-state index contributed by atoms with van der Waals surface area (Å²) in [4.78, 5) is 0. The summed E-state index contributed by atoms with van der Waals surface area (Å²) < 4.78 is 2.35. The zero-order valence-electron chi connectivity index (χ0n) is 21.4. The summed E-state index contributed by atoms with van der Waals surface area (Å²) in [5.74, 6) is 0. The van der Waals surface area contributed by atoms with Crippen molar-refractivity contribution in [3.63, 3.8) is 0 Å². The largest absolute Gasteiger partial charge is 0.309 e. The fraction of sp³-hybridized carbons (Fsp3) is 0.0270. The van der Waals surface area contributed by atoms with Gasteiger partial charge in [0.15, 0.2) is 0 Å². The van der Waals surface area contributed by atoms with Crippen LogP contribution < -0.4 is 0 Å². The second-order valence-corrected chi connectivity index (χ2v) is 9.76. The molecule has 0 amide bonds. The predicted molar refractivity (Wildman–Crippen MR) is 166 cm³/mol. The molecule has 0 saturated carbocycles. The fourth-order valence-corrected chi connectivity index (χ4v) is 5.99. The molecule has 1 nitrogen and oxygen atoms in total. The number of rotatable bonds is 4. The molecule has 0 bridgehead atoms. The van der Waals surface area contributed by atoms with Crippen molar-refractivity contribution in [3.05, 3.63) is 139 Å². The van der Waals surface area contributed by atoms with Crippen molar-refractivity contribution in [1.29, 1.82) is 0 Å². The average Bonchev–Trinajstić information content (AvgIpc) is 3.30. The standard InChI is InChI=1S/C37H27N/c1-3-12-36-28(4-2)34-22-20-26(24-37(34)38(36)27-13-6-5-7-14-27)25-19-21-33-31-17-9-8-15-29(31)30-16-10-11-18-32(30)35(33)23-25/h3-24H,2H2,1H3/b12-3-. The predicted octanol–water partition coefficient (Wildman–Crippen LogP) is 10.4. The Labute approximate surface area is 222 Å². The fourth-order valence-electron chi connectivity index (χ4n) is 5.99. The Morgan fingerprint density at radius 3 is 1.68 bits per heavy atom. The number of fused-ring (bicyclic) bond motifs is 7. The van der Waals surface area contributed by atoms with Crippen LogP contribution >= 0.6 is 0 Å². The number of aromatic nitrogens is 1. The summed E-state index contributed by atoms with van der Waals surface area (Å²) in [5.41, 5.74) is 7.05. The number of allylic oxidation sites excluding steroid dienone is 1. The van der Waals surface area contributed by atoms with E-state index in [1.165, 1.54) is 54.3 Å². The second kappa shape index (κ2) is 8.90. The van der Waals surface area contributed by atoms with Crippen LogP contribution in [0, 0.1) is 0 Å². The Morgan fingerprint density at radius 1 is 0.553 bits per heavy atom. The molecule has 0 aliphatic heterocycles. The first-order chi connectivity index (χ1) is 18.8. The Balaban J connectivity index is 1.52. The van der Waals surface area contributed by atoms with Gasteiger partial charge in [-0.2, -0.15) is 0 Å². The van der Waals surface area contributed by atoms with Crippen LogP contribution in [0.2, 0.25) is 0 Å². The van der Waals surface area contributed by atoms with Gasteiger partial charge >= 0.3 is 0 Å². The molecular weight excluding hydrogens is 458 g/mol. The lowest BCUT2D eigenvalue weighted by Crippen LogP contribution is -1.96. The quantitative estimate of drug-likeness (QED) is 0.219. The monoisotopic (exact) mass is 485 g/mol. The van der Waals surface area contributed by atoms with E-state index < -0.39 is 0 Å². The number of hydrogen-bond acceptors (Lipinski definition) is 0. The van der Waals surface area contributed by atoms with E-state index in [0.717, 1.165) is 16.9 Å². The molecule has 6 aromatic carbocycles. The molecule has 0 N–H and O–H groups in total. The van der Waals surface area contributed by atoms with E-state index in [1.807, 2.05) is 6.08 Å². The molecule has 0 saturated heterocycles. The highest BCUT2D eigenvalue weighted by molar-refractivity contribution is 6.25. The minimum atomic E-state index is 1.15. The van der Waals surface area contributed by atoms with Gasteiger partial charge in [-0.15, -0.1) is 0 Å². The minimum absolute atomic E-state index is 1.15. The Morgan fingerprint density at radius 2 is 1.08 bits per heavy atom. The van der Waals surface area contributed by atoms with Crippen molar-refractivity contribution in [1.82, 2.24) is 4.57 Å². The van der Waals surface area contributed by atoms with Crippen molar-refractivity contribution >= 4 is 55.4 Å². The third-order valence-corrected chi connectivity index (χ3v) is 7.67. The van der Waals surface area contributed by atoms with Gasteiger partial charge in [0, 0.05) is 16.6 Å². The normalized spacial score (nSPS) is 11.8. The Bertz CT molecular complexity index is 2000. The van der Waals surface area contributed by atoms with E-state index in [1.54, 1.807) is 0 Å². The Kier molecular flexibility index (Phi) is 5.23. The summed E-state index contributed by atoms with van der Waals surface area (Å²) in [7, 11) is 0. The number of benzene rings is 6. The van der Waals surface area contributed by atoms with E-state index in [0.29, 0.717) is 0 Å². The third kappa shape index (κ3) is 3.33. The molecule has 0 aliphatic carbocycles. The van der Waals surface area contributed by atoms with Crippen LogP contribution in [0.1, 0.15) is 18.2 Å². The van der Waals surface area contributed by atoms with Gasteiger partial charge in [-0.3, -0.25) is 0 Å². The van der Waals surface area contributed by atoms with Crippen LogP contribution in [-0.2, 0) is 0 Å². The minimum Gasteiger partial charge on any atom is -0.309 e. The van der Waals surface area contributed by atoms with Crippen LogP contribution in [0.4, 0.5) is 0 Å². The molecule has 180 valence electrons. The molecule has 7 aromatic rings. The number of hydrogen-bond donors (Lipinski definition) is 0. The summed E-state index contributed by atoms with van der Waals surface area (Å²) >= 11 is 0. The first-order valence-corrected chi connectivity index (χ1v) is 13.1. The van der Waals surface area contributed by atoms with E-state index in [9.17, 15) is 0 Å². The molecule has 0 unspecified atom stereocenters. The lowest BCUT2D eigenvalue weighted by atomic mass is 9.92. The highest BCUT2D eigenvalue weighted by Gasteiger charge is 2.16. The van der Waals surface area contributed by atoms with Crippen LogP contribution in [0.5, 0.6) is 0 Å². The smallest absolute Gasteiger partial charge is 0.0547 e. The van der Waals surface area contributed by atoms with Crippen molar-refractivity contribution in [2.24, 2.45) is 0 Å². The van der Waals surface area contributed by atoms with Gasteiger partial charge in [0.05, 0.1) is 11.2 Å². The van der Waals surface area contributed by atoms with E-state index in [-0.39, 0.29) is 0 Å². The molecular formula is C37H27N. The second-order valence-electron chi connectivity index (χ2n) is 9.76. The molecule has 1 heteroatoms. The molecule has 1 aromatic heterocycles. The molecule has 0 radical (unpaired) electrons. The first-order valence-electron chi connectivity index (χ1n) is 13.1. The van der Waals surface area contributed by atoms with Crippen LogP contribution in [0.25, 0.3) is 72.2 Å². The molecule has 0 aliphatic rings. The van der Waals surface area contributed by atoms with Gasteiger partial charge < -0.3 is 4.57 Å². The summed E-state index contributed by atoms with van der Waals surface area (Å²) in [6, 6.07) is 41.8. The van der Waals surface area contributed by atoms with E-state index in [2.05, 4.69) is 145 Å². The van der Waals surface area contributed by atoms with Crippen LogP contribution in [-0.4, -0.2) is 4.57 Å². The van der Waals surface area contributed by atoms with Crippen molar-refractivity contribution < 1.29 is 0 Å². The first kappa shape index (κ1) is 22.3. The Hall–Kier alpha value is -4.88. The van der Waals surface area contributed by atoms with Gasteiger partial charge in [-0.05, 0) is 80.7 Å². The van der Waals surface area contributed by atoms with Crippen molar-refractivity contribution in [3.8, 4) is 16.8 Å². The molecule has 0 spiro atoms. The SMILES string of the molecule is C=Cc1c(/C=C\C)n(-c2ccccc2)c2cc(-c3ccc4c5ccccc5c5ccccc5c4c3)ccc12. The molecule has 0 atom stereocenters. The zero-order chi connectivity index (χ0) is 25.6. The maximum absolute atomic E-state index is 4.15. The number of para-hydroxylation sites is 1.